The van der Waals surface area contributed by atoms with Gasteiger partial charge in [-0.15, -0.1) is 0 Å². The van der Waals surface area contributed by atoms with Crippen LogP contribution in [-0.4, -0.2) is 52.0 Å². The summed E-state index contributed by atoms with van der Waals surface area (Å²) in [5.74, 6) is -3.74. The van der Waals surface area contributed by atoms with Gasteiger partial charge in [-0.2, -0.15) is 0 Å². The van der Waals surface area contributed by atoms with Crippen LogP contribution in [0, 0.1) is 11.8 Å². The van der Waals surface area contributed by atoms with Crippen LogP contribution in [0.1, 0.15) is 62.4 Å². The lowest BCUT2D eigenvalue weighted by Crippen LogP contribution is -2.45. The zero-order valence-corrected chi connectivity index (χ0v) is 21.7. The molecule has 3 amide bonds. The highest BCUT2D eigenvalue weighted by Gasteiger charge is 2.28. The molecule has 9 heteroatoms. The van der Waals surface area contributed by atoms with Gasteiger partial charge in [0.05, 0.1) is 12.1 Å². The summed E-state index contributed by atoms with van der Waals surface area (Å²) in [6.45, 7) is 6.36. The molecule has 0 aliphatic rings. The summed E-state index contributed by atoms with van der Waals surface area (Å²) >= 11 is 0. The van der Waals surface area contributed by atoms with E-state index >= 15 is 0 Å². The maximum Gasteiger partial charge on any atom is 0.336 e. The van der Waals surface area contributed by atoms with E-state index in [2.05, 4.69) is 12.2 Å². The van der Waals surface area contributed by atoms with E-state index in [1.54, 1.807) is 29.2 Å². The van der Waals surface area contributed by atoms with Crippen molar-refractivity contribution in [3.8, 4) is 11.1 Å². The Balaban J connectivity index is 2.12. The summed E-state index contributed by atoms with van der Waals surface area (Å²) in [7, 11) is 0. The number of unbranched alkanes of at least 4 members (excludes halogenated alkanes) is 2. The monoisotopic (exact) mass is 511 g/mol. The molecular weight excluding hydrogens is 474 g/mol. The number of hydroxylamine groups is 1. The molecule has 0 saturated heterocycles. The van der Waals surface area contributed by atoms with Crippen molar-refractivity contribution >= 4 is 23.7 Å². The summed E-state index contributed by atoms with van der Waals surface area (Å²) in [6.07, 6.45) is 2.99. The van der Waals surface area contributed by atoms with Crippen LogP contribution in [0.2, 0.25) is 0 Å². The van der Waals surface area contributed by atoms with E-state index in [0.717, 1.165) is 30.4 Å². The van der Waals surface area contributed by atoms with Gasteiger partial charge in [-0.25, -0.2) is 10.3 Å². The normalized spacial score (nSPS) is 11.6. The Labute approximate surface area is 217 Å². The molecule has 0 bridgehead atoms. The lowest BCUT2D eigenvalue weighted by atomic mass is 9.95. The fraction of sp³-hybridized carbons (Fsp3) is 0.429. The predicted octanol–water partition coefficient (Wildman–Crippen LogP) is 3.85. The van der Waals surface area contributed by atoms with Gasteiger partial charge in [-0.1, -0.05) is 76.1 Å². The average Bonchev–Trinajstić information content (AvgIpc) is 2.89. The standard InChI is InChI=1S/C28H37N3O6/c1-4-5-8-15-31(25(32)17-29-26(33)24(16-19(2)3)27(34)30-37)18-20-11-13-21(14-12-20)22-9-6-7-10-23(22)28(35)36/h6-7,9-14,19,24,37H,4-5,8,15-18H2,1-3H3,(H,29,33)(H,30,34)(H,35,36). The molecule has 0 aliphatic carbocycles. The average molecular weight is 512 g/mol. The van der Waals surface area contributed by atoms with E-state index in [9.17, 15) is 24.3 Å². The molecule has 0 spiro atoms. The van der Waals surface area contributed by atoms with E-state index in [4.69, 9.17) is 5.21 Å². The predicted molar refractivity (Wildman–Crippen MR) is 140 cm³/mol. The van der Waals surface area contributed by atoms with Crippen LogP contribution >= 0.6 is 0 Å². The molecule has 37 heavy (non-hydrogen) atoms. The first-order chi connectivity index (χ1) is 17.7. The van der Waals surface area contributed by atoms with Crippen LogP contribution in [0.5, 0.6) is 0 Å². The minimum absolute atomic E-state index is 0.0414. The highest BCUT2D eigenvalue weighted by molar-refractivity contribution is 6.01. The van der Waals surface area contributed by atoms with Crippen LogP contribution in [0.25, 0.3) is 11.1 Å². The van der Waals surface area contributed by atoms with Crippen LogP contribution in [-0.2, 0) is 20.9 Å². The van der Waals surface area contributed by atoms with Gasteiger partial charge >= 0.3 is 5.97 Å². The Kier molecular flexibility index (Phi) is 11.8. The zero-order valence-electron chi connectivity index (χ0n) is 21.7. The van der Waals surface area contributed by atoms with E-state index in [1.165, 1.54) is 5.48 Å². The number of nitrogens with one attached hydrogen (secondary N) is 2. The quantitative estimate of drug-likeness (QED) is 0.132. The molecule has 1 atom stereocenters. The Bertz CT molecular complexity index is 1070. The number of hydrogen-bond donors (Lipinski definition) is 4. The molecule has 0 fully saturated rings. The number of amides is 3. The van der Waals surface area contributed by atoms with Crippen LogP contribution in [0.15, 0.2) is 48.5 Å². The van der Waals surface area contributed by atoms with Crippen molar-refractivity contribution < 1.29 is 29.5 Å². The molecule has 4 N–H and O–H groups in total. The van der Waals surface area contributed by atoms with Gasteiger partial charge in [-0.05, 0) is 41.5 Å². The highest BCUT2D eigenvalue weighted by Crippen LogP contribution is 2.24. The smallest absolute Gasteiger partial charge is 0.336 e. The molecule has 9 nitrogen and oxygen atoms in total. The maximum atomic E-state index is 13.0. The van der Waals surface area contributed by atoms with Crippen molar-refractivity contribution in [1.82, 2.24) is 15.7 Å². The summed E-state index contributed by atoms with van der Waals surface area (Å²) < 4.78 is 0. The number of rotatable bonds is 14. The highest BCUT2D eigenvalue weighted by atomic mass is 16.5. The Morgan fingerprint density at radius 3 is 2.22 bits per heavy atom. The molecule has 0 saturated carbocycles. The fourth-order valence-electron chi connectivity index (χ4n) is 4.06. The first kappa shape index (κ1) is 29.5. The largest absolute Gasteiger partial charge is 0.478 e. The Morgan fingerprint density at radius 2 is 1.62 bits per heavy atom. The molecular formula is C28H37N3O6. The van der Waals surface area contributed by atoms with Crippen molar-refractivity contribution in [2.75, 3.05) is 13.1 Å². The summed E-state index contributed by atoms with van der Waals surface area (Å²) in [4.78, 5) is 50.8. The topological polar surface area (TPSA) is 136 Å². The van der Waals surface area contributed by atoms with E-state index < -0.39 is 23.7 Å². The van der Waals surface area contributed by atoms with Gasteiger partial charge in [0.1, 0.15) is 5.92 Å². The van der Waals surface area contributed by atoms with Crippen LogP contribution in [0.4, 0.5) is 0 Å². The van der Waals surface area contributed by atoms with Gasteiger partial charge < -0.3 is 15.3 Å². The lowest BCUT2D eigenvalue weighted by molar-refractivity contribution is -0.143. The van der Waals surface area contributed by atoms with Crippen molar-refractivity contribution in [3.63, 3.8) is 0 Å². The van der Waals surface area contributed by atoms with Crippen LogP contribution < -0.4 is 10.8 Å². The third-order valence-electron chi connectivity index (χ3n) is 6.04. The molecule has 2 aromatic carbocycles. The zero-order chi connectivity index (χ0) is 27.4. The number of hydrogen-bond acceptors (Lipinski definition) is 5. The van der Waals surface area contributed by atoms with Gasteiger partial charge in [0.15, 0.2) is 0 Å². The molecule has 0 aliphatic heterocycles. The maximum absolute atomic E-state index is 13.0. The number of carboxylic acids is 1. The SMILES string of the molecule is CCCCCN(Cc1ccc(-c2ccccc2C(=O)O)cc1)C(=O)CNC(=O)C(CC(C)C)C(=O)NO. The second-order valence-electron chi connectivity index (χ2n) is 9.45. The van der Waals surface area contributed by atoms with Crippen molar-refractivity contribution in [2.45, 2.75) is 53.0 Å². The van der Waals surface area contributed by atoms with Gasteiger partial charge in [-0.3, -0.25) is 19.6 Å². The van der Waals surface area contributed by atoms with Gasteiger partial charge in [0.2, 0.25) is 11.8 Å². The fourth-order valence-corrected chi connectivity index (χ4v) is 4.06. The third-order valence-corrected chi connectivity index (χ3v) is 6.04. The number of carbonyl (C=O) groups excluding carboxylic acids is 3. The lowest BCUT2D eigenvalue weighted by Gasteiger charge is -2.24. The van der Waals surface area contributed by atoms with Crippen LogP contribution in [0.3, 0.4) is 0 Å². The first-order valence-corrected chi connectivity index (χ1v) is 12.6. The molecule has 0 radical (unpaired) electrons. The number of carbonyl (C=O) groups is 4. The Morgan fingerprint density at radius 1 is 0.946 bits per heavy atom. The Hall–Kier alpha value is -3.72. The van der Waals surface area contributed by atoms with E-state index in [-0.39, 0.29) is 30.4 Å². The third kappa shape index (κ3) is 9.02. The second-order valence-corrected chi connectivity index (χ2v) is 9.45. The molecule has 2 rings (SSSR count). The van der Waals surface area contributed by atoms with E-state index in [1.807, 2.05) is 38.1 Å². The molecule has 2 aromatic rings. The minimum atomic E-state index is -1.09. The van der Waals surface area contributed by atoms with Crippen molar-refractivity contribution in [2.24, 2.45) is 11.8 Å². The first-order valence-electron chi connectivity index (χ1n) is 12.6. The second kappa shape index (κ2) is 14.7. The number of benzene rings is 2. The van der Waals surface area contributed by atoms with Crippen molar-refractivity contribution in [3.05, 3.63) is 59.7 Å². The van der Waals surface area contributed by atoms with Gasteiger partial charge in [0.25, 0.3) is 5.91 Å². The van der Waals surface area contributed by atoms with E-state index in [0.29, 0.717) is 18.7 Å². The summed E-state index contributed by atoms with van der Waals surface area (Å²) in [5.41, 5.74) is 3.98. The number of nitrogens with zero attached hydrogens (tertiary/aromatic N) is 1. The van der Waals surface area contributed by atoms with Gasteiger partial charge in [0, 0.05) is 13.1 Å². The molecule has 200 valence electrons. The number of aromatic carboxylic acids is 1. The molecule has 0 aromatic heterocycles. The number of carboxylic acid groups (broad SMARTS) is 1. The molecule has 0 heterocycles. The molecule has 1 unspecified atom stereocenters. The minimum Gasteiger partial charge on any atom is -0.478 e. The van der Waals surface area contributed by atoms with Crippen molar-refractivity contribution in [1.29, 1.82) is 0 Å². The summed E-state index contributed by atoms with van der Waals surface area (Å²) in [5, 5.41) is 21.0. The summed E-state index contributed by atoms with van der Waals surface area (Å²) in [6, 6.07) is 14.2.